The molecule has 0 radical (unpaired) electrons. The standard InChI is InChI=1S/C19H25BrN2O2/c1-19(2,3)24-17(23)9-5-8-15-18(13-6-4-7-13)16-12-14(20)10-11-22(16)21-15/h10-13H,4-9H2,1-3H3. The number of fused-ring (bicyclic) bond motifs is 1. The molecule has 130 valence electrons. The van der Waals surface area contributed by atoms with Gasteiger partial charge in [-0.05, 0) is 64.5 Å². The second kappa shape index (κ2) is 6.87. The van der Waals surface area contributed by atoms with Gasteiger partial charge in [0.05, 0.1) is 11.2 Å². The fourth-order valence-corrected chi connectivity index (χ4v) is 3.54. The quantitative estimate of drug-likeness (QED) is 0.670. The fraction of sp³-hybridized carbons (Fsp3) is 0.579. The predicted molar refractivity (Wildman–Crippen MR) is 98.3 cm³/mol. The molecule has 0 unspecified atom stereocenters. The van der Waals surface area contributed by atoms with E-state index in [2.05, 4.69) is 22.0 Å². The van der Waals surface area contributed by atoms with E-state index in [0.29, 0.717) is 12.3 Å². The van der Waals surface area contributed by atoms with Crippen LogP contribution >= 0.6 is 15.9 Å². The molecule has 2 aromatic heterocycles. The Kier molecular flexibility index (Phi) is 5.00. The highest BCUT2D eigenvalue weighted by Crippen LogP contribution is 2.40. The SMILES string of the molecule is CC(C)(C)OC(=O)CCCc1nn2ccc(Br)cc2c1C1CCC1. The van der Waals surface area contributed by atoms with Crippen molar-refractivity contribution in [2.75, 3.05) is 0 Å². The molecule has 1 saturated carbocycles. The third-order valence-corrected chi connectivity index (χ3v) is 4.93. The molecule has 0 aromatic carbocycles. The first-order chi connectivity index (χ1) is 11.3. The van der Waals surface area contributed by atoms with Gasteiger partial charge in [-0.3, -0.25) is 4.79 Å². The summed E-state index contributed by atoms with van der Waals surface area (Å²) in [6, 6.07) is 4.16. The number of aromatic nitrogens is 2. The third kappa shape index (κ3) is 4.00. The van der Waals surface area contributed by atoms with Gasteiger partial charge in [0.15, 0.2) is 0 Å². The van der Waals surface area contributed by atoms with Crippen LogP contribution in [0, 0.1) is 0 Å². The maximum atomic E-state index is 11.9. The molecule has 0 atom stereocenters. The van der Waals surface area contributed by atoms with Gasteiger partial charge >= 0.3 is 5.97 Å². The lowest BCUT2D eigenvalue weighted by Crippen LogP contribution is -2.23. The number of nitrogens with zero attached hydrogens (tertiary/aromatic N) is 2. The lowest BCUT2D eigenvalue weighted by atomic mass is 9.79. The van der Waals surface area contributed by atoms with E-state index in [4.69, 9.17) is 9.84 Å². The zero-order chi connectivity index (χ0) is 17.3. The second-order valence-corrected chi connectivity index (χ2v) is 8.52. The minimum Gasteiger partial charge on any atom is -0.460 e. The number of ether oxygens (including phenoxy) is 1. The maximum Gasteiger partial charge on any atom is 0.306 e. The van der Waals surface area contributed by atoms with E-state index >= 15 is 0 Å². The first kappa shape index (κ1) is 17.5. The second-order valence-electron chi connectivity index (χ2n) is 7.60. The van der Waals surface area contributed by atoms with Crippen LogP contribution in [0.3, 0.4) is 0 Å². The van der Waals surface area contributed by atoms with E-state index in [1.807, 2.05) is 37.5 Å². The summed E-state index contributed by atoms with van der Waals surface area (Å²) in [6.45, 7) is 5.71. The minimum atomic E-state index is -0.413. The van der Waals surface area contributed by atoms with Crippen LogP contribution in [0.5, 0.6) is 0 Å². The van der Waals surface area contributed by atoms with Crippen LogP contribution in [0.25, 0.3) is 5.52 Å². The molecular weight excluding hydrogens is 368 g/mol. The Labute approximate surface area is 151 Å². The topological polar surface area (TPSA) is 43.6 Å². The average Bonchev–Trinajstić information content (AvgIpc) is 2.73. The predicted octanol–water partition coefficient (Wildman–Crippen LogP) is 5.03. The van der Waals surface area contributed by atoms with Gasteiger partial charge in [0.2, 0.25) is 0 Å². The van der Waals surface area contributed by atoms with Crippen LogP contribution < -0.4 is 0 Å². The number of hydrogen-bond donors (Lipinski definition) is 0. The Hall–Kier alpha value is -1.36. The molecule has 24 heavy (non-hydrogen) atoms. The lowest BCUT2D eigenvalue weighted by Gasteiger charge is -2.26. The number of carbonyl (C=O) groups is 1. The van der Waals surface area contributed by atoms with E-state index in [-0.39, 0.29) is 5.97 Å². The molecule has 0 bridgehead atoms. The van der Waals surface area contributed by atoms with Gasteiger partial charge in [-0.1, -0.05) is 22.4 Å². The Morgan fingerprint density at radius 1 is 1.42 bits per heavy atom. The van der Waals surface area contributed by atoms with Crippen molar-refractivity contribution < 1.29 is 9.53 Å². The van der Waals surface area contributed by atoms with Crippen molar-refractivity contribution in [1.29, 1.82) is 0 Å². The van der Waals surface area contributed by atoms with E-state index < -0.39 is 5.60 Å². The molecule has 2 aromatic rings. The molecule has 5 heteroatoms. The zero-order valence-electron chi connectivity index (χ0n) is 14.6. The van der Waals surface area contributed by atoms with Crippen molar-refractivity contribution in [1.82, 2.24) is 9.61 Å². The molecular formula is C19H25BrN2O2. The smallest absolute Gasteiger partial charge is 0.306 e. The molecule has 0 aliphatic heterocycles. The number of carbonyl (C=O) groups excluding carboxylic acids is 1. The van der Waals surface area contributed by atoms with Crippen LogP contribution in [0.2, 0.25) is 0 Å². The summed E-state index contributed by atoms with van der Waals surface area (Å²) in [6.07, 6.45) is 7.83. The van der Waals surface area contributed by atoms with Gasteiger partial charge in [-0.25, -0.2) is 4.52 Å². The number of esters is 1. The minimum absolute atomic E-state index is 0.126. The molecule has 3 rings (SSSR count). The van der Waals surface area contributed by atoms with Crippen molar-refractivity contribution in [2.24, 2.45) is 0 Å². The molecule has 0 saturated heterocycles. The number of hydrogen-bond acceptors (Lipinski definition) is 3. The largest absolute Gasteiger partial charge is 0.460 e. The van der Waals surface area contributed by atoms with Gasteiger partial charge in [-0.15, -0.1) is 0 Å². The molecule has 1 aliphatic rings. The highest BCUT2D eigenvalue weighted by molar-refractivity contribution is 9.10. The van der Waals surface area contributed by atoms with E-state index in [1.54, 1.807) is 0 Å². The summed E-state index contributed by atoms with van der Waals surface area (Å²) in [5.41, 5.74) is 3.30. The summed E-state index contributed by atoms with van der Waals surface area (Å²) in [4.78, 5) is 11.9. The average molecular weight is 393 g/mol. The van der Waals surface area contributed by atoms with Crippen LogP contribution in [0.1, 0.15) is 70.1 Å². The Balaban J connectivity index is 1.73. The molecule has 0 spiro atoms. The Bertz CT molecular complexity index is 742. The van der Waals surface area contributed by atoms with E-state index in [9.17, 15) is 4.79 Å². The summed E-state index contributed by atoms with van der Waals surface area (Å²) in [5, 5.41) is 4.77. The highest BCUT2D eigenvalue weighted by Gasteiger charge is 2.27. The molecule has 1 fully saturated rings. The van der Waals surface area contributed by atoms with Gasteiger partial charge < -0.3 is 4.74 Å². The number of pyridine rings is 1. The van der Waals surface area contributed by atoms with Crippen LogP contribution in [-0.4, -0.2) is 21.2 Å². The van der Waals surface area contributed by atoms with E-state index in [0.717, 1.165) is 23.0 Å². The Morgan fingerprint density at radius 2 is 2.17 bits per heavy atom. The maximum absolute atomic E-state index is 11.9. The molecule has 0 N–H and O–H groups in total. The summed E-state index contributed by atoms with van der Waals surface area (Å²) in [5.74, 6) is 0.493. The summed E-state index contributed by atoms with van der Waals surface area (Å²) < 4.78 is 8.44. The van der Waals surface area contributed by atoms with Gasteiger partial charge in [0.1, 0.15) is 5.60 Å². The van der Waals surface area contributed by atoms with Crippen molar-refractivity contribution in [3.8, 4) is 0 Å². The normalized spacial score (nSPS) is 15.5. The fourth-order valence-electron chi connectivity index (χ4n) is 3.21. The van der Waals surface area contributed by atoms with Crippen LogP contribution in [0.15, 0.2) is 22.8 Å². The molecule has 4 nitrogen and oxygen atoms in total. The van der Waals surface area contributed by atoms with Crippen LogP contribution in [-0.2, 0) is 16.0 Å². The summed E-state index contributed by atoms with van der Waals surface area (Å²) in [7, 11) is 0. The van der Waals surface area contributed by atoms with Crippen molar-refractivity contribution in [3.05, 3.63) is 34.1 Å². The van der Waals surface area contributed by atoms with Crippen LogP contribution in [0.4, 0.5) is 0 Å². The molecule has 0 amide bonds. The van der Waals surface area contributed by atoms with Crippen molar-refractivity contribution >= 4 is 27.4 Å². The Morgan fingerprint density at radius 3 is 2.79 bits per heavy atom. The number of rotatable bonds is 5. The summed E-state index contributed by atoms with van der Waals surface area (Å²) >= 11 is 3.56. The number of aryl methyl sites for hydroxylation is 1. The first-order valence-corrected chi connectivity index (χ1v) is 9.51. The monoisotopic (exact) mass is 392 g/mol. The lowest BCUT2D eigenvalue weighted by molar-refractivity contribution is -0.154. The van der Waals surface area contributed by atoms with Gasteiger partial charge in [-0.2, -0.15) is 5.10 Å². The zero-order valence-corrected chi connectivity index (χ0v) is 16.2. The third-order valence-electron chi connectivity index (χ3n) is 4.44. The van der Waals surface area contributed by atoms with Crippen molar-refractivity contribution in [3.63, 3.8) is 0 Å². The van der Waals surface area contributed by atoms with Gasteiger partial charge in [0.25, 0.3) is 0 Å². The molecule has 1 aliphatic carbocycles. The first-order valence-electron chi connectivity index (χ1n) is 8.72. The number of halogens is 1. The highest BCUT2D eigenvalue weighted by atomic mass is 79.9. The van der Waals surface area contributed by atoms with Crippen molar-refractivity contribution in [2.45, 2.75) is 70.8 Å². The van der Waals surface area contributed by atoms with E-state index in [1.165, 1.54) is 30.3 Å². The molecule has 2 heterocycles. The van der Waals surface area contributed by atoms with Gasteiger partial charge in [0, 0.05) is 22.7 Å².